The van der Waals surface area contributed by atoms with Gasteiger partial charge in [-0.15, -0.1) is 0 Å². The largest absolute Gasteiger partial charge is 0.305 e. The van der Waals surface area contributed by atoms with Gasteiger partial charge in [0.15, 0.2) is 0 Å². The number of rotatable bonds is 3. The van der Waals surface area contributed by atoms with Crippen LogP contribution in [0.15, 0.2) is 46.0 Å². The van der Waals surface area contributed by atoms with E-state index in [1.807, 2.05) is 56.0 Å². The van der Waals surface area contributed by atoms with Gasteiger partial charge in [-0.05, 0) is 64.3 Å². The summed E-state index contributed by atoms with van der Waals surface area (Å²) in [4.78, 5) is 43.7. The first-order valence-electron chi connectivity index (χ1n) is 12.7. The summed E-state index contributed by atoms with van der Waals surface area (Å²) in [6.45, 7) is 11.8. The zero-order valence-corrected chi connectivity index (χ0v) is 23.0. The molecule has 0 radical (unpaired) electrons. The Hall–Kier alpha value is -3.78. The smallest absolute Gasteiger partial charge is 0.269 e. The van der Waals surface area contributed by atoms with Crippen molar-refractivity contribution < 1.29 is 4.79 Å². The molecule has 9 heteroatoms. The Balaban J connectivity index is 1.82. The molecule has 38 heavy (non-hydrogen) atoms. The van der Waals surface area contributed by atoms with Crippen molar-refractivity contribution in [3.8, 4) is 0 Å². The van der Waals surface area contributed by atoms with Crippen LogP contribution in [0.1, 0.15) is 72.0 Å². The average molecular weight is 532 g/mol. The summed E-state index contributed by atoms with van der Waals surface area (Å²) < 4.78 is 0. The molecule has 2 aromatic heterocycles. The second-order valence-electron chi connectivity index (χ2n) is 11.6. The highest BCUT2D eigenvalue weighted by Gasteiger charge is 2.64. The second kappa shape index (κ2) is 7.63. The third kappa shape index (κ3) is 2.89. The maximum Gasteiger partial charge on any atom is 0.269 e. The number of carbonyl (C=O) groups is 1. The number of amides is 1. The van der Waals surface area contributed by atoms with E-state index in [0.717, 1.165) is 22.4 Å². The molecule has 0 bridgehead atoms. The fourth-order valence-electron chi connectivity index (χ4n) is 7.21. The van der Waals surface area contributed by atoms with Crippen molar-refractivity contribution in [2.75, 3.05) is 4.90 Å². The van der Waals surface area contributed by atoms with Crippen molar-refractivity contribution in [1.29, 1.82) is 0 Å². The number of nitrogens with one attached hydrogen (secondary N) is 4. The lowest BCUT2D eigenvalue weighted by molar-refractivity contribution is -0.122. The number of benzene rings is 2. The van der Waals surface area contributed by atoms with Gasteiger partial charge in [-0.3, -0.25) is 24.6 Å². The average Bonchev–Trinajstić information content (AvgIpc) is 3.44. The number of nitrogens with zero attached hydrogens (tertiary/aromatic N) is 1. The molecule has 0 saturated carbocycles. The number of aryl methyl sites for hydroxylation is 3. The molecule has 1 unspecified atom stereocenters. The van der Waals surface area contributed by atoms with Gasteiger partial charge in [-0.2, -0.15) is 0 Å². The zero-order valence-electron chi connectivity index (χ0n) is 22.2. The summed E-state index contributed by atoms with van der Waals surface area (Å²) >= 11 is 6.24. The van der Waals surface area contributed by atoms with E-state index in [2.05, 4.69) is 33.4 Å². The topological polar surface area (TPSA) is 118 Å². The molecule has 2 aromatic carbocycles. The highest BCUT2D eigenvalue weighted by atomic mass is 35.5. The van der Waals surface area contributed by atoms with Crippen LogP contribution in [0.2, 0.25) is 5.02 Å². The van der Waals surface area contributed by atoms with Gasteiger partial charge < -0.3 is 15.1 Å². The molecule has 8 nitrogen and oxygen atoms in total. The quantitative estimate of drug-likeness (QED) is 0.312. The molecule has 4 heterocycles. The molecule has 0 saturated heterocycles. The molecule has 2 aliphatic heterocycles. The van der Waals surface area contributed by atoms with Gasteiger partial charge in [-0.25, -0.2) is 0 Å². The van der Waals surface area contributed by atoms with Crippen molar-refractivity contribution in [2.24, 2.45) is 0 Å². The normalized spacial score (nSPS) is 21.1. The Morgan fingerprint density at radius 2 is 1.32 bits per heavy atom. The Bertz CT molecular complexity index is 1700. The number of hydrogen-bond donors (Lipinski definition) is 4. The van der Waals surface area contributed by atoms with Crippen molar-refractivity contribution in [2.45, 2.75) is 64.3 Å². The first-order chi connectivity index (χ1) is 17.8. The second-order valence-corrected chi connectivity index (χ2v) is 12.0. The summed E-state index contributed by atoms with van der Waals surface area (Å²) in [5.74, 6) is -0.302. The standard InChI is InChI=1S/C29H30ClN5O3/c1-14-11-19-23-20(12-14)29(21-15(2)31-33-24(21)36,22-16(3)32-34-25(22)37)26(38)35(23)27(4,5)13-28(19,6)17-7-9-18(30)10-8-17/h7-12H,13H2,1-6H3,(H2,31,33,36)(H2,32,34,37). The van der Waals surface area contributed by atoms with E-state index in [1.54, 1.807) is 13.8 Å². The van der Waals surface area contributed by atoms with Crippen molar-refractivity contribution in [1.82, 2.24) is 20.4 Å². The van der Waals surface area contributed by atoms with Crippen LogP contribution in [0.4, 0.5) is 5.69 Å². The van der Waals surface area contributed by atoms with E-state index >= 15 is 4.79 Å². The van der Waals surface area contributed by atoms with Gasteiger partial charge in [-0.1, -0.05) is 48.4 Å². The molecule has 2 aliphatic rings. The molecule has 6 rings (SSSR count). The third-order valence-electron chi connectivity index (χ3n) is 8.55. The number of aromatic nitrogens is 4. The lowest BCUT2D eigenvalue weighted by Crippen LogP contribution is -2.57. The molecule has 1 amide bonds. The maximum absolute atomic E-state index is 15.0. The molecular weight excluding hydrogens is 502 g/mol. The summed E-state index contributed by atoms with van der Waals surface area (Å²) in [7, 11) is 0. The minimum atomic E-state index is -1.63. The minimum Gasteiger partial charge on any atom is -0.305 e. The number of carbonyl (C=O) groups excluding carboxylic acids is 1. The Labute approximate surface area is 224 Å². The van der Waals surface area contributed by atoms with Crippen LogP contribution in [0, 0.1) is 20.8 Å². The van der Waals surface area contributed by atoms with Crippen molar-refractivity contribution >= 4 is 23.2 Å². The van der Waals surface area contributed by atoms with E-state index < -0.39 is 27.5 Å². The minimum absolute atomic E-state index is 0.238. The zero-order chi connectivity index (χ0) is 27.4. The number of aromatic amines is 4. The number of anilines is 1. The van der Waals surface area contributed by atoms with Crippen LogP contribution < -0.4 is 16.0 Å². The number of halogens is 1. The van der Waals surface area contributed by atoms with Crippen molar-refractivity contribution in [3.05, 3.63) is 107 Å². The lowest BCUT2D eigenvalue weighted by Gasteiger charge is -2.50. The molecule has 196 valence electrons. The Morgan fingerprint density at radius 1 is 0.789 bits per heavy atom. The first-order valence-corrected chi connectivity index (χ1v) is 13.0. The van der Waals surface area contributed by atoms with Gasteiger partial charge in [0.1, 0.15) is 5.41 Å². The Morgan fingerprint density at radius 3 is 1.82 bits per heavy atom. The van der Waals surface area contributed by atoms with Crippen LogP contribution in [0.5, 0.6) is 0 Å². The van der Waals surface area contributed by atoms with E-state index in [0.29, 0.717) is 28.4 Å². The number of H-pyrrole nitrogens is 4. The van der Waals surface area contributed by atoms with Gasteiger partial charge >= 0.3 is 0 Å². The number of hydrogen-bond acceptors (Lipinski definition) is 3. The molecule has 1 atom stereocenters. The van der Waals surface area contributed by atoms with Gasteiger partial charge in [0, 0.05) is 32.9 Å². The van der Waals surface area contributed by atoms with Gasteiger partial charge in [0.2, 0.25) is 5.91 Å². The summed E-state index contributed by atoms with van der Waals surface area (Å²) in [6, 6.07) is 11.9. The summed E-state index contributed by atoms with van der Waals surface area (Å²) in [5.41, 5.74) is 2.32. The van der Waals surface area contributed by atoms with Crippen LogP contribution in [0.25, 0.3) is 0 Å². The van der Waals surface area contributed by atoms with Crippen molar-refractivity contribution in [3.63, 3.8) is 0 Å². The predicted molar refractivity (Wildman–Crippen MR) is 147 cm³/mol. The summed E-state index contributed by atoms with van der Waals surface area (Å²) in [5, 5.41) is 11.7. The fourth-order valence-corrected chi connectivity index (χ4v) is 7.33. The maximum atomic E-state index is 15.0. The van der Waals surface area contributed by atoms with Crippen LogP contribution in [-0.4, -0.2) is 31.8 Å². The third-order valence-corrected chi connectivity index (χ3v) is 8.81. The Kier molecular flexibility index (Phi) is 4.93. The van der Waals surface area contributed by atoms with Gasteiger partial charge in [0.05, 0.1) is 16.8 Å². The van der Waals surface area contributed by atoms with E-state index in [1.165, 1.54) is 0 Å². The van der Waals surface area contributed by atoms with Crippen LogP contribution in [-0.2, 0) is 15.6 Å². The van der Waals surface area contributed by atoms with E-state index in [4.69, 9.17) is 11.6 Å². The molecular formula is C29H30ClN5O3. The lowest BCUT2D eigenvalue weighted by atomic mass is 9.64. The molecule has 4 N–H and O–H groups in total. The predicted octanol–water partition coefficient (Wildman–Crippen LogP) is 4.47. The highest BCUT2D eigenvalue weighted by Crippen LogP contribution is 2.60. The fraction of sp³-hybridized carbons (Fsp3) is 0.345. The molecule has 0 fully saturated rings. The molecule has 0 spiro atoms. The van der Waals surface area contributed by atoms with Crippen LogP contribution >= 0.6 is 11.6 Å². The monoisotopic (exact) mass is 531 g/mol. The highest BCUT2D eigenvalue weighted by molar-refractivity contribution is 6.30. The summed E-state index contributed by atoms with van der Waals surface area (Å²) in [6.07, 6.45) is 0.629. The van der Waals surface area contributed by atoms with E-state index in [-0.39, 0.29) is 17.0 Å². The molecule has 0 aliphatic carbocycles. The first kappa shape index (κ1) is 24.6. The molecule has 4 aromatic rings. The SMILES string of the molecule is Cc1cc2c3c(c1)C(c1c(C)[nH][nH]c1=O)(c1c(C)[nH][nH]c1=O)C(=O)N3C(C)(C)CC2(C)c1ccc(Cl)cc1. The van der Waals surface area contributed by atoms with Crippen LogP contribution in [0.3, 0.4) is 0 Å². The van der Waals surface area contributed by atoms with Gasteiger partial charge in [0.25, 0.3) is 11.1 Å². The van der Waals surface area contributed by atoms with E-state index in [9.17, 15) is 9.59 Å².